The normalized spacial score (nSPS) is 20.0. The van der Waals surface area contributed by atoms with Crippen LogP contribution in [0.25, 0.3) is 0 Å². The maximum absolute atomic E-state index is 13.8. The molecule has 4 rings (SSSR count). The summed E-state index contributed by atoms with van der Waals surface area (Å²) in [5, 5.41) is 6.20. The van der Waals surface area contributed by atoms with Gasteiger partial charge >= 0.3 is 0 Å². The van der Waals surface area contributed by atoms with Crippen LogP contribution >= 0.6 is 0 Å². The fourth-order valence-electron chi connectivity index (χ4n) is 4.43. The molecule has 0 aliphatic carbocycles. The van der Waals surface area contributed by atoms with Crippen molar-refractivity contribution in [2.24, 2.45) is 16.8 Å². The van der Waals surface area contributed by atoms with Crippen LogP contribution in [0.4, 0.5) is 4.39 Å². The summed E-state index contributed by atoms with van der Waals surface area (Å²) in [6, 6.07) is 14.1. The Kier molecular flexibility index (Phi) is 6.13. The molecule has 2 aromatic carbocycles. The van der Waals surface area contributed by atoms with Crippen molar-refractivity contribution in [2.45, 2.75) is 32.2 Å². The third-order valence-corrected chi connectivity index (χ3v) is 6.22. The number of carbonyl (C=O) groups excluding carboxylic acids is 2. The number of nitrogens with zero attached hydrogens (tertiary/aromatic N) is 3. The topological polar surface area (TPSA) is 79.0 Å². The molecule has 0 saturated carbocycles. The summed E-state index contributed by atoms with van der Waals surface area (Å²) in [5.41, 5.74) is 8.93. The molecular formula is C24H27FN4O2. The van der Waals surface area contributed by atoms with Gasteiger partial charge in [-0.3, -0.25) is 14.5 Å². The summed E-state index contributed by atoms with van der Waals surface area (Å²) < 4.78 is 13.8. The van der Waals surface area contributed by atoms with Gasteiger partial charge in [0.1, 0.15) is 5.82 Å². The molecule has 162 valence electrons. The first-order chi connectivity index (χ1) is 14.9. The SMILES string of the molecule is Cc1ccccc1C1CC(c2cccc(F)c2)=NN1C(=O)CN1CCC(C(N)=O)CC1. The molecule has 2 aromatic rings. The summed E-state index contributed by atoms with van der Waals surface area (Å²) in [4.78, 5) is 26.7. The van der Waals surface area contributed by atoms with Crippen molar-refractivity contribution in [3.63, 3.8) is 0 Å². The van der Waals surface area contributed by atoms with Crippen molar-refractivity contribution in [1.29, 1.82) is 0 Å². The fraction of sp³-hybridized carbons (Fsp3) is 0.375. The summed E-state index contributed by atoms with van der Waals surface area (Å²) in [6.07, 6.45) is 1.87. The van der Waals surface area contributed by atoms with Crippen molar-refractivity contribution in [1.82, 2.24) is 9.91 Å². The van der Waals surface area contributed by atoms with Gasteiger partial charge in [0.05, 0.1) is 18.3 Å². The van der Waals surface area contributed by atoms with E-state index in [9.17, 15) is 14.0 Å². The zero-order valence-corrected chi connectivity index (χ0v) is 17.6. The summed E-state index contributed by atoms with van der Waals surface area (Å²) in [6.45, 7) is 3.56. The fourth-order valence-corrected chi connectivity index (χ4v) is 4.43. The van der Waals surface area contributed by atoms with Crippen molar-refractivity contribution < 1.29 is 14.0 Å². The standard InChI is InChI=1S/C24H27FN4O2/c1-16-5-2-3-8-20(16)22-14-21(18-6-4-7-19(25)13-18)27-29(22)23(30)15-28-11-9-17(10-12-28)24(26)31/h2-8,13,17,22H,9-12,14-15H2,1H3,(H2,26,31). The van der Waals surface area contributed by atoms with Crippen molar-refractivity contribution in [3.05, 3.63) is 71.0 Å². The van der Waals surface area contributed by atoms with Crippen LogP contribution in [-0.2, 0) is 9.59 Å². The predicted molar refractivity (Wildman–Crippen MR) is 117 cm³/mol. The first-order valence-electron chi connectivity index (χ1n) is 10.6. The second kappa shape index (κ2) is 8.98. The van der Waals surface area contributed by atoms with Gasteiger partial charge in [-0.25, -0.2) is 9.40 Å². The number of primary amides is 1. The first-order valence-corrected chi connectivity index (χ1v) is 10.6. The Labute approximate surface area is 181 Å². The van der Waals surface area contributed by atoms with Crippen LogP contribution in [0.2, 0.25) is 0 Å². The quantitative estimate of drug-likeness (QED) is 0.805. The van der Waals surface area contributed by atoms with Crippen LogP contribution in [-0.4, -0.2) is 47.1 Å². The van der Waals surface area contributed by atoms with Gasteiger partial charge in [0.2, 0.25) is 5.91 Å². The highest BCUT2D eigenvalue weighted by Crippen LogP contribution is 2.34. The smallest absolute Gasteiger partial charge is 0.257 e. The van der Waals surface area contributed by atoms with Gasteiger partial charge in [-0.05, 0) is 56.1 Å². The molecule has 0 radical (unpaired) electrons. The van der Waals surface area contributed by atoms with E-state index in [1.54, 1.807) is 11.1 Å². The number of hydrogen-bond donors (Lipinski definition) is 1. The molecule has 7 heteroatoms. The minimum absolute atomic E-state index is 0.0998. The minimum Gasteiger partial charge on any atom is -0.369 e. The average molecular weight is 423 g/mol. The molecule has 2 amide bonds. The molecular weight excluding hydrogens is 395 g/mol. The Hall–Kier alpha value is -3.06. The van der Waals surface area contributed by atoms with Crippen molar-refractivity contribution >= 4 is 17.5 Å². The second-order valence-corrected chi connectivity index (χ2v) is 8.32. The van der Waals surface area contributed by atoms with E-state index in [2.05, 4.69) is 5.10 Å². The first kappa shape index (κ1) is 21.2. The Morgan fingerprint density at radius 2 is 1.87 bits per heavy atom. The highest BCUT2D eigenvalue weighted by molar-refractivity contribution is 6.03. The molecule has 1 saturated heterocycles. The van der Waals surface area contributed by atoms with E-state index in [1.165, 1.54) is 12.1 Å². The molecule has 0 spiro atoms. The highest BCUT2D eigenvalue weighted by Gasteiger charge is 2.35. The average Bonchev–Trinajstić information content (AvgIpc) is 3.20. The maximum atomic E-state index is 13.8. The number of hydrogen-bond acceptors (Lipinski definition) is 4. The monoisotopic (exact) mass is 422 g/mol. The van der Waals surface area contributed by atoms with Gasteiger partial charge in [0.15, 0.2) is 0 Å². The molecule has 31 heavy (non-hydrogen) atoms. The molecule has 6 nitrogen and oxygen atoms in total. The number of likely N-dealkylation sites (tertiary alicyclic amines) is 1. The van der Waals surface area contributed by atoms with E-state index in [4.69, 9.17) is 5.73 Å². The lowest BCUT2D eigenvalue weighted by molar-refractivity contribution is -0.134. The van der Waals surface area contributed by atoms with Crippen molar-refractivity contribution in [2.75, 3.05) is 19.6 Å². The lowest BCUT2D eigenvalue weighted by Crippen LogP contribution is -2.44. The van der Waals surface area contributed by atoms with E-state index >= 15 is 0 Å². The van der Waals surface area contributed by atoms with Gasteiger partial charge in [-0.2, -0.15) is 5.10 Å². The molecule has 2 aliphatic heterocycles. The number of piperidine rings is 1. The van der Waals surface area contributed by atoms with Crippen LogP contribution in [0, 0.1) is 18.7 Å². The lowest BCUT2D eigenvalue weighted by Gasteiger charge is -2.31. The number of benzene rings is 2. The maximum Gasteiger partial charge on any atom is 0.257 e. The zero-order chi connectivity index (χ0) is 22.0. The highest BCUT2D eigenvalue weighted by atomic mass is 19.1. The van der Waals surface area contributed by atoms with E-state index < -0.39 is 0 Å². The van der Waals surface area contributed by atoms with Crippen LogP contribution in [0.15, 0.2) is 53.6 Å². The number of aryl methyl sites for hydroxylation is 1. The molecule has 2 N–H and O–H groups in total. The summed E-state index contributed by atoms with van der Waals surface area (Å²) in [7, 11) is 0. The molecule has 0 aromatic heterocycles. The lowest BCUT2D eigenvalue weighted by atomic mass is 9.95. The predicted octanol–water partition coefficient (Wildman–Crippen LogP) is 3.01. The molecule has 0 bridgehead atoms. The van der Waals surface area contributed by atoms with E-state index in [-0.39, 0.29) is 36.1 Å². The molecule has 1 atom stereocenters. The number of carbonyl (C=O) groups is 2. The molecule has 1 fully saturated rings. The Morgan fingerprint density at radius 3 is 2.55 bits per heavy atom. The van der Waals surface area contributed by atoms with Crippen molar-refractivity contribution in [3.8, 4) is 0 Å². The largest absolute Gasteiger partial charge is 0.369 e. The number of amides is 2. The third kappa shape index (κ3) is 4.66. The van der Waals surface area contributed by atoms with Crippen LogP contribution < -0.4 is 5.73 Å². The van der Waals surface area contributed by atoms with Gasteiger partial charge in [-0.15, -0.1) is 0 Å². The second-order valence-electron chi connectivity index (χ2n) is 8.32. The minimum atomic E-state index is -0.324. The molecule has 1 unspecified atom stereocenters. The van der Waals surface area contributed by atoms with Crippen LogP contribution in [0.3, 0.4) is 0 Å². The van der Waals surface area contributed by atoms with Gasteiger partial charge < -0.3 is 5.73 Å². The Balaban J connectivity index is 1.56. The summed E-state index contributed by atoms with van der Waals surface area (Å²) in [5.74, 6) is -0.808. The third-order valence-electron chi connectivity index (χ3n) is 6.22. The Bertz CT molecular complexity index is 1010. The van der Waals surface area contributed by atoms with E-state index in [1.807, 2.05) is 42.2 Å². The van der Waals surface area contributed by atoms with Crippen LogP contribution in [0.5, 0.6) is 0 Å². The van der Waals surface area contributed by atoms with Crippen LogP contribution in [0.1, 0.15) is 42.0 Å². The zero-order valence-electron chi connectivity index (χ0n) is 17.6. The molecule has 2 heterocycles. The Morgan fingerprint density at radius 1 is 1.13 bits per heavy atom. The number of hydrazone groups is 1. The van der Waals surface area contributed by atoms with E-state index in [0.717, 1.165) is 11.1 Å². The molecule has 2 aliphatic rings. The summed E-state index contributed by atoms with van der Waals surface area (Å²) >= 11 is 0. The van der Waals surface area contributed by atoms with Gasteiger partial charge in [0.25, 0.3) is 5.91 Å². The van der Waals surface area contributed by atoms with Gasteiger partial charge in [-0.1, -0.05) is 36.4 Å². The number of halogens is 1. The number of nitrogens with two attached hydrogens (primary N) is 1. The number of rotatable bonds is 5. The van der Waals surface area contributed by atoms with E-state index in [0.29, 0.717) is 43.6 Å². The van der Waals surface area contributed by atoms with Gasteiger partial charge in [0, 0.05) is 17.9 Å².